The molecule has 8 heteroatoms. The van der Waals surface area contributed by atoms with Gasteiger partial charge in [0.2, 0.25) is 5.96 Å². The lowest BCUT2D eigenvalue weighted by Gasteiger charge is -2.14. The van der Waals surface area contributed by atoms with E-state index >= 15 is 0 Å². The minimum Gasteiger partial charge on any atom is -0.493 e. The summed E-state index contributed by atoms with van der Waals surface area (Å²) in [5.41, 5.74) is 0.985. The molecular weight excluding hydrogens is 377 g/mol. The molecule has 1 aliphatic heterocycles. The van der Waals surface area contributed by atoms with Crippen molar-refractivity contribution in [3.63, 3.8) is 0 Å². The number of carbonyl (C=O) groups is 1. The number of guanidine groups is 1. The molecule has 1 heterocycles. The maximum absolute atomic E-state index is 13.2. The summed E-state index contributed by atoms with van der Waals surface area (Å²) in [5, 5.41) is 5.79. The number of hydrogen-bond donors (Lipinski definition) is 2. The van der Waals surface area contributed by atoms with Crippen molar-refractivity contribution >= 4 is 17.6 Å². The Bertz CT molecular complexity index is 865. The minimum atomic E-state index is -0.369. The van der Waals surface area contributed by atoms with Gasteiger partial charge in [-0.15, -0.1) is 0 Å². The summed E-state index contributed by atoms with van der Waals surface area (Å²) >= 11 is 0. The molecule has 1 atom stereocenters. The topological polar surface area (TPSA) is 81.2 Å². The van der Waals surface area contributed by atoms with Gasteiger partial charge in [0, 0.05) is 17.9 Å². The largest absolute Gasteiger partial charge is 0.493 e. The quantitative estimate of drug-likeness (QED) is 0.574. The Morgan fingerprint density at radius 2 is 1.93 bits per heavy atom. The van der Waals surface area contributed by atoms with Gasteiger partial charge in [-0.1, -0.05) is 0 Å². The van der Waals surface area contributed by atoms with Gasteiger partial charge in [-0.25, -0.2) is 9.38 Å². The highest BCUT2D eigenvalue weighted by molar-refractivity contribution is 6.10. The van der Waals surface area contributed by atoms with Gasteiger partial charge in [0.15, 0.2) is 11.5 Å². The van der Waals surface area contributed by atoms with E-state index in [4.69, 9.17) is 14.2 Å². The zero-order chi connectivity index (χ0) is 20.6. The summed E-state index contributed by atoms with van der Waals surface area (Å²) in [5.74, 6) is 0.520. The van der Waals surface area contributed by atoms with E-state index in [-0.39, 0.29) is 23.8 Å². The van der Waals surface area contributed by atoms with Crippen LogP contribution in [-0.4, -0.2) is 45.3 Å². The molecule has 2 N–H and O–H groups in total. The SMILES string of the molecule is COc1ccc(C(=O)NC(=NCC2CCCO2)Nc2ccc(F)cc2)cc1OC. The van der Waals surface area contributed by atoms with Crippen molar-refractivity contribution in [2.75, 3.05) is 32.7 Å². The summed E-state index contributed by atoms with van der Waals surface area (Å²) in [4.78, 5) is 17.2. The van der Waals surface area contributed by atoms with E-state index in [1.165, 1.54) is 26.4 Å². The Morgan fingerprint density at radius 3 is 2.59 bits per heavy atom. The molecule has 1 aliphatic rings. The number of halogens is 1. The highest BCUT2D eigenvalue weighted by Crippen LogP contribution is 2.27. The first-order valence-electron chi connectivity index (χ1n) is 9.31. The standard InChI is InChI=1S/C21H24FN3O4/c1-27-18-10-5-14(12-19(18)28-2)20(26)25-21(23-13-17-4-3-11-29-17)24-16-8-6-15(22)7-9-16/h5-10,12,17H,3-4,11,13H2,1-2H3,(H2,23,24,25,26). The second-order valence-corrected chi connectivity index (χ2v) is 6.48. The maximum Gasteiger partial charge on any atom is 0.258 e. The van der Waals surface area contributed by atoms with E-state index in [1.807, 2.05) is 0 Å². The lowest BCUT2D eigenvalue weighted by atomic mass is 10.2. The Balaban J connectivity index is 1.76. The molecular formula is C21H24FN3O4. The van der Waals surface area contributed by atoms with Crippen LogP contribution in [-0.2, 0) is 4.74 Å². The lowest BCUT2D eigenvalue weighted by molar-refractivity contribution is 0.0975. The van der Waals surface area contributed by atoms with Crippen LogP contribution in [0.2, 0.25) is 0 Å². The average molecular weight is 401 g/mol. The molecule has 1 amide bonds. The predicted octanol–water partition coefficient (Wildman–Crippen LogP) is 3.22. The van der Waals surface area contributed by atoms with Gasteiger partial charge < -0.3 is 19.5 Å². The normalized spacial score (nSPS) is 16.4. The fourth-order valence-electron chi connectivity index (χ4n) is 2.92. The van der Waals surface area contributed by atoms with Crippen LogP contribution in [0.1, 0.15) is 23.2 Å². The first-order chi connectivity index (χ1) is 14.1. The first kappa shape index (κ1) is 20.6. The van der Waals surface area contributed by atoms with Crippen molar-refractivity contribution in [3.8, 4) is 11.5 Å². The summed E-state index contributed by atoms with van der Waals surface area (Å²) in [6.07, 6.45) is 1.95. The number of aliphatic imine (C=N–C) groups is 1. The Labute approximate surface area is 168 Å². The molecule has 0 aliphatic carbocycles. The zero-order valence-corrected chi connectivity index (χ0v) is 16.4. The molecule has 1 unspecified atom stereocenters. The second-order valence-electron chi connectivity index (χ2n) is 6.48. The number of anilines is 1. The van der Waals surface area contributed by atoms with Crippen molar-refractivity contribution in [1.29, 1.82) is 0 Å². The van der Waals surface area contributed by atoms with Crippen LogP contribution in [0.15, 0.2) is 47.5 Å². The number of hydrogen-bond acceptors (Lipinski definition) is 5. The molecule has 7 nitrogen and oxygen atoms in total. The number of ether oxygens (including phenoxy) is 3. The molecule has 1 saturated heterocycles. The van der Waals surface area contributed by atoms with Crippen LogP contribution in [0, 0.1) is 5.82 Å². The number of benzene rings is 2. The van der Waals surface area contributed by atoms with Gasteiger partial charge in [0.1, 0.15) is 5.82 Å². The average Bonchev–Trinajstić information content (AvgIpc) is 3.26. The maximum atomic E-state index is 13.2. The summed E-state index contributed by atoms with van der Waals surface area (Å²) < 4.78 is 29.2. The molecule has 0 spiro atoms. The van der Waals surface area contributed by atoms with Gasteiger partial charge in [0.05, 0.1) is 26.9 Å². The van der Waals surface area contributed by atoms with Crippen molar-refractivity contribution in [2.45, 2.75) is 18.9 Å². The molecule has 2 aromatic carbocycles. The molecule has 3 rings (SSSR count). The molecule has 0 saturated carbocycles. The molecule has 0 aromatic heterocycles. The summed E-state index contributed by atoms with van der Waals surface area (Å²) in [7, 11) is 3.03. The van der Waals surface area contributed by atoms with Crippen LogP contribution in [0.4, 0.5) is 10.1 Å². The van der Waals surface area contributed by atoms with Crippen LogP contribution < -0.4 is 20.1 Å². The van der Waals surface area contributed by atoms with Crippen LogP contribution in [0.25, 0.3) is 0 Å². The van der Waals surface area contributed by atoms with Gasteiger partial charge >= 0.3 is 0 Å². The van der Waals surface area contributed by atoms with Crippen LogP contribution in [0.3, 0.4) is 0 Å². The highest BCUT2D eigenvalue weighted by atomic mass is 19.1. The number of amides is 1. The van der Waals surface area contributed by atoms with Gasteiger partial charge in [-0.05, 0) is 55.3 Å². The first-order valence-corrected chi connectivity index (χ1v) is 9.31. The van der Waals surface area contributed by atoms with E-state index < -0.39 is 0 Å². The molecule has 0 bridgehead atoms. The van der Waals surface area contributed by atoms with E-state index in [0.717, 1.165) is 19.4 Å². The fourth-order valence-corrected chi connectivity index (χ4v) is 2.92. The van der Waals surface area contributed by atoms with Crippen LogP contribution in [0.5, 0.6) is 11.5 Å². The Hall–Kier alpha value is -3.13. The number of nitrogens with one attached hydrogen (secondary N) is 2. The van der Waals surface area contributed by atoms with Crippen LogP contribution >= 0.6 is 0 Å². The second kappa shape index (κ2) is 9.88. The zero-order valence-electron chi connectivity index (χ0n) is 16.4. The molecule has 1 fully saturated rings. The van der Waals surface area contributed by atoms with Gasteiger partial charge in [-0.3, -0.25) is 10.1 Å². The smallest absolute Gasteiger partial charge is 0.258 e. The van der Waals surface area contributed by atoms with E-state index in [9.17, 15) is 9.18 Å². The molecule has 0 radical (unpaired) electrons. The third-order valence-corrected chi connectivity index (χ3v) is 4.46. The number of carbonyl (C=O) groups excluding carboxylic acids is 1. The lowest BCUT2D eigenvalue weighted by Crippen LogP contribution is -2.36. The van der Waals surface area contributed by atoms with E-state index in [2.05, 4.69) is 15.6 Å². The highest BCUT2D eigenvalue weighted by Gasteiger charge is 2.17. The van der Waals surface area contributed by atoms with Crippen molar-refractivity contribution in [1.82, 2.24) is 5.32 Å². The summed E-state index contributed by atoms with van der Waals surface area (Å²) in [6.45, 7) is 1.13. The monoisotopic (exact) mass is 401 g/mol. The minimum absolute atomic E-state index is 0.0259. The van der Waals surface area contributed by atoms with E-state index in [0.29, 0.717) is 29.3 Å². The van der Waals surface area contributed by atoms with Crippen molar-refractivity contribution < 1.29 is 23.4 Å². The number of rotatable bonds is 6. The predicted molar refractivity (Wildman–Crippen MR) is 108 cm³/mol. The molecule has 29 heavy (non-hydrogen) atoms. The number of methoxy groups -OCH3 is 2. The Kier molecular flexibility index (Phi) is 7.02. The fraction of sp³-hybridized carbons (Fsp3) is 0.333. The Morgan fingerprint density at radius 1 is 1.17 bits per heavy atom. The van der Waals surface area contributed by atoms with Gasteiger partial charge in [0.25, 0.3) is 5.91 Å². The van der Waals surface area contributed by atoms with E-state index in [1.54, 1.807) is 30.3 Å². The third-order valence-electron chi connectivity index (χ3n) is 4.46. The number of nitrogens with zero attached hydrogens (tertiary/aromatic N) is 1. The van der Waals surface area contributed by atoms with Gasteiger partial charge in [-0.2, -0.15) is 0 Å². The third kappa shape index (κ3) is 5.68. The van der Waals surface area contributed by atoms with Crippen molar-refractivity contribution in [2.24, 2.45) is 4.99 Å². The molecule has 2 aromatic rings. The van der Waals surface area contributed by atoms with Crippen molar-refractivity contribution in [3.05, 3.63) is 53.8 Å². The summed E-state index contributed by atoms with van der Waals surface area (Å²) in [6, 6.07) is 10.7. The molecule has 154 valence electrons.